The summed E-state index contributed by atoms with van der Waals surface area (Å²) in [5, 5.41) is 2.94. The van der Waals surface area contributed by atoms with Crippen molar-refractivity contribution in [2.45, 2.75) is 39.5 Å². The molecule has 1 rings (SSSR count). The van der Waals surface area contributed by atoms with Crippen LogP contribution in [0.15, 0.2) is 18.2 Å². The number of carbonyl (C=O) groups is 1. The van der Waals surface area contributed by atoms with Gasteiger partial charge in [-0.3, -0.25) is 4.79 Å². The van der Waals surface area contributed by atoms with E-state index >= 15 is 0 Å². The molecule has 0 atom stereocenters. The quantitative estimate of drug-likeness (QED) is 0.733. The summed E-state index contributed by atoms with van der Waals surface area (Å²) < 4.78 is 13.3. The molecule has 0 heterocycles. The molecule has 0 aliphatic rings. The average Bonchev–Trinajstić information content (AvgIpc) is 2.42. The number of benzene rings is 1. The summed E-state index contributed by atoms with van der Waals surface area (Å²) in [6.07, 6.45) is 2.63. The van der Waals surface area contributed by atoms with Crippen molar-refractivity contribution < 1.29 is 9.18 Å². The van der Waals surface area contributed by atoms with E-state index in [1.54, 1.807) is 0 Å². The fourth-order valence-corrected chi connectivity index (χ4v) is 2.86. The van der Waals surface area contributed by atoms with Crippen LogP contribution in [0.4, 0.5) is 10.1 Å². The number of hydrogen-bond donors (Lipinski definition) is 2. The van der Waals surface area contributed by atoms with Crippen LogP contribution in [-0.2, 0) is 4.79 Å². The van der Waals surface area contributed by atoms with Crippen LogP contribution in [0.25, 0.3) is 0 Å². The normalized spacial score (nSPS) is 11.2. The van der Waals surface area contributed by atoms with Gasteiger partial charge in [0.25, 0.3) is 0 Å². The summed E-state index contributed by atoms with van der Waals surface area (Å²) in [5.41, 5.74) is 5.14. The molecule has 0 saturated heterocycles. The zero-order valence-electron chi connectivity index (χ0n) is 12.2. The summed E-state index contributed by atoms with van der Waals surface area (Å²) in [5.74, 6) is -0.798. The van der Waals surface area contributed by atoms with E-state index in [1.807, 2.05) is 13.8 Å². The van der Waals surface area contributed by atoms with Gasteiger partial charge in [0.05, 0.1) is 21.1 Å². The second-order valence-corrected chi connectivity index (χ2v) is 5.87. The van der Waals surface area contributed by atoms with Crippen molar-refractivity contribution >= 4 is 40.4 Å². The first kappa shape index (κ1) is 17.9. The first-order chi connectivity index (χ1) is 9.87. The number of carbonyl (C=O) groups excluding carboxylic acids is 1. The molecule has 0 saturated carbocycles. The Morgan fingerprint density at radius 2 is 1.95 bits per heavy atom. The second kappa shape index (κ2) is 7.71. The van der Waals surface area contributed by atoms with E-state index in [9.17, 15) is 9.18 Å². The summed E-state index contributed by atoms with van der Waals surface area (Å²) in [6.45, 7) is 3.93. The number of amides is 1. The Morgan fingerprint density at radius 3 is 2.43 bits per heavy atom. The van der Waals surface area contributed by atoms with Crippen molar-refractivity contribution in [2.24, 2.45) is 11.1 Å². The Kier molecular flexibility index (Phi) is 6.55. The molecule has 0 unspecified atom stereocenters. The van der Waals surface area contributed by atoms with Gasteiger partial charge in [-0.2, -0.15) is 0 Å². The molecule has 3 N–H and O–H groups in total. The van der Waals surface area contributed by atoms with Crippen molar-refractivity contribution in [1.82, 2.24) is 0 Å². The van der Waals surface area contributed by atoms with Crippen LogP contribution >= 0.6 is 23.8 Å². The summed E-state index contributed by atoms with van der Waals surface area (Å²) in [7, 11) is 0. The molecule has 0 bridgehead atoms. The Labute approximate surface area is 135 Å². The molecule has 0 aromatic heterocycles. The van der Waals surface area contributed by atoms with Gasteiger partial charge in [-0.25, -0.2) is 4.39 Å². The molecule has 116 valence electrons. The number of anilines is 1. The minimum absolute atomic E-state index is 0.163. The smallest absolute Gasteiger partial charge is 0.237 e. The fourth-order valence-electron chi connectivity index (χ4n) is 2.40. The van der Waals surface area contributed by atoms with Crippen LogP contribution in [0.5, 0.6) is 0 Å². The van der Waals surface area contributed by atoms with Gasteiger partial charge in [-0.05, 0) is 31.0 Å². The lowest BCUT2D eigenvalue weighted by molar-refractivity contribution is -0.122. The Morgan fingerprint density at radius 1 is 1.38 bits per heavy atom. The molecule has 0 radical (unpaired) electrons. The van der Waals surface area contributed by atoms with E-state index in [0.29, 0.717) is 12.8 Å². The maximum Gasteiger partial charge on any atom is 0.237 e. The Balaban J connectivity index is 3.11. The average molecular weight is 331 g/mol. The largest absolute Gasteiger partial charge is 0.392 e. The lowest BCUT2D eigenvalue weighted by Crippen LogP contribution is -2.46. The highest BCUT2D eigenvalue weighted by atomic mass is 35.5. The van der Waals surface area contributed by atoms with Crippen LogP contribution < -0.4 is 11.1 Å². The number of rotatable bonds is 7. The van der Waals surface area contributed by atoms with E-state index in [2.05, 4.69) is 5.32 Å². The highest BCUT2D eigenvalue weighted by Gasteiger charge is 2.40. The Hall–Kier alpha value is -1.20. The third kappa shape index (κ3) is 4.14. The maximum atomic E-state index is 13.3. The first-order valence-electron chi connectivity index (χ1n) is 6.93. The third-order valence-corrected chi connectivity index (χ3v) is 4.16. The molecular weight excluding hydrogens is 311 g/mol. The number of thiocarbonyl (C=S) groups is 1. The van der Waals surface area contributed by atoms with Gasteiger partial charge in [0.1, 0.15) is 5.82 Å². The van der Waals surface area contributed by atoms with Crippen molar-refractivity contribution in [3.05, 3.63) is 29.0 Å². The summed E-state index contributed by atoms with van der Waals surface area (Å²) in [6, 6.07) is 3.81. The van der Waals surface area contributed by atoms with E-state index in [0.717, 1.165) is 12.8 Å². The van der Waals surface area contributed by atoms with Gasteiger partial charge >= 0.3 is 0 Å². The van der Waals surface area contributed by atoms with E-state index < -0.39 is 11.2 Å². The fraction of sp³-hybridized carbons (Fsp3) is 0.467. The second-order valence-electron chi connectivity index (χ2n) is 5.02. The topological polar surface area (TPSA) is 55.1 Å². The zero-order chi connectivity index (χ0) is 16.0. The van der Waals surface area contributed by atoms with Crippen LogP contribution in [-0.4, -0.2) is 10.9 Å². The lowest BCUT2D eigenvalue weighted by atomic mass is 9.78. The van der Waals surface area contributed by atoms with E-state index in [4.69, 9.17) is 29.6 Å². The van der Waals surface area contributed by atoms with Crippen LogP contribution in [0, 0.1) is 11.2 Å². The predicted octanol–water partition coefficient (Wildman–Crippen LogP) is 4.29. The van der Waals surface area contributed by atoms with Crippen molar-refractivity contribution in [2.75, 3.05) is 5.32 Å². The molecule has 1 aromatic carbocycles. The van der Waals surface area contributed by atoms with Crippen molar-refractivity contribution in [3.8, 4) is 0 Å². The number of nitrogens with two attached hydrogens (primary N) is 1. The highest BCUT2D eigenvalue weighted by molar-refractivity contribution is 7.80. The monoisotopic (exact) mass is 330 g/mol. The SMILES string of the molecule is CCCC(CCC)(C(=O)Nc1cc(F)ccc1Cl)C(N)=S. The Bertz CT molecular complexity index is 530. The molecule has 0 aliphatic carbocycles. The standard InChI is InChI=1S/C15H20ClFN2OS/c1-3-7-15(8-4-2,13(18)21)14(20)19-12-9-10(17)5-6-11(12)16/h5-6,9H,3-4,7-8H2,1-2H3,(H2,18,21)(H,19,20). The van der Waals surface area contributed by atoms with E-state index in [-0.39, 0.29) is 21.6 Å². The number of halogens is 2. The van der Waals surface area contributed by atoms with Crippen LogP contribution in [0.2, 0.25) is 5.02 Å². The first-order valence-corrected chi connectivity index (χ1v) is 7.72. The summed E-state index contributed by atoms with van der Waals surface area (Å²) in [4.78, 5) is 12.8. The molecule has 21 heavy (non-hydrogen) atoms. The van der Waals surface area contributed by atoms with Crippen LogP contribution in [0.1, 0.15) is 39.5 Å². The van der Waals surface area contributed by atoms with Crippen molar-refractivity contribution in [1.29, 1.82) is 0 Å². The number of nitrogens with one attached hydrogen (secondary N) is 1. The minimum Gasteiger partial charge on any atom is -0.392 e. The molecule has 0 fully saturated rings. The van der Waals surface area contributed by atoms with Gasteiger partial charge in [0, 0.05) is 0 Å². The predicted molar refractivity (Wildman–Crippen MR) is 89.1 cm³/mol. The molecule has 0 spiro atoms. The minimum atomic E-state index is -0.922. The van der Waals surface area contributed by atoms with Gasteiger partial charge in [0.15, 0.2) is 0 Å². The molecule has 0 aliphatic heterocycles. The summed E-state index contributed by atoms with van der Waals surface area (Å²) >= 11 is 11.1. The lowest BCUT2D eigenvalue weighted by Gasteiger charge is -2.31. The van der Waals surface area contributed by atoms with Gasteiger partial charge in [-0.1, -0.05) is 50.5 Å². The maximum absolute atomic E-state index is 13.3. The molecule has 1 aromatic rings. The third-order valence-electron chi connectivity index (χ3n) is 3.44. The van der Waals surface area contributed by atoms with Crippen LogP contribution in [0.3, 0.4) is 0 Å². The number of hydrogen-bond acceptors (Lipinski definition) is 2. The van der Waals surface area contributed by atoms with Gasteiger partial charge < -0.3 is 11.1 Å². The van der Waals surface area contributed by atoms with Gasteiger partial charge in [0.2, 0.25) is 5.91 Å². The van der Waals surface area contributed by atoms with Crippen molar-refractivity contribution in [3.63, 3.8) is 0 Å². The zero-order valence-corrected chi connectivity index (χ0v) is 13.8. The van der Waals surface area contributed by atoms with E-state index in [1.165, 1.54) is 18.2 Å². The highest BCUT2D eigenvalue weighted by Crippen LogP contribution is 2.33. The molecular formula is C15H20ClFN2OS. The van der Waals surface area contributed by atoms with Gasteiger partial charge in [-0.15, -0.1) is 0 Å². The molecule has 6 heteroatoms. The molecule has 1 amide bonds. The molecule has 3 nitrogen and oxygen atoms in total.